The fourth-order valence-corrected chi connectivity index (χ4v) is 4.20. The Morgan fingerprint density at radius 1 is 1.43 bits per heavy atom. The van der Waals surface area contributed by atoms with Crippen LogP contribution in [0, 0.1) is 12.8 Å². The number of nitrogens with zero attached hydrogens (tertiary/aromatic N) is 1. The SMILES string of the molecule is CCOc1ccc(S(=O)(=O)N2CCC(O)C(C)C2)cc1C. The average Bonchev–Trinajstić information content (AvgIpc) is 2.44. The third kappa shape index (κ3) is 3.39. The van der Waals surface area contributed by atoms with Crippen LogP contribution in [-0.2, 0) is 10.0 Å². The molecule has 118 valence electrons. The molecule has 0 bridgehead atoms. The molecule has 1 heterocycles. The molecule has 0 amide bonds. The Kier molecular flexibility index (Phi) is 4.91. The molecule has 1 aromatic rings. The van der Waals surface area contributed by atoms with Gasteiger partial charge in [-0.25, -0.2) is 8.42 Å². The van der Waals surface area contributed by atoms with Gasteiger partial charge in [0, 0.05) is 13.1 Å². The normalized spacial score (nSPS) is 24.0. The van der Waals surface area contributed by atoms with Crippen LogP contribution in [0.5, 0.6) is 5.75 Å². The second-order valence-corrected chi connectivity index (χ2v) is 7.49. The van der Waals surface area contributed by atoms with E-state index in [1.54, 1.807) is 18.2 Å². The van der Waals surface area contributed by atoms with Crippen molar-refractivity contribution in [1.29, 1.82) is 0 Å². The standard InChI is InChI=1S/C15H23NO4S/c1-4-20-15-6-5-13(9-11(15)2)21(18,19)16-8-7-14(17)12(3)10-16/h5-6,9,12,14,17H,4,7-8,10H2,1-3H3. The van der Waals surface area contributed by atoms with Crippen LogP contribution in [-0.4, -0.2) is 43.6 Å². The van der Waals surface area contributed by atoms with Crippen molar-refractivity contribution in [3.05, 3.63) is 23.8 Å². The number of aryl methyl sites for hydroxylation is 1. The van der Waals surface area contributed by atoms with Crippen molar-refractivity contribution < 1.29 is 18.3 Å². The number of benzene rings is 1. The Labute approximate surface area is 126 Å². The zero-order chi connectivity index (χ0) is 15.6. The summed E-state index contributed by atoms with van der Waals surface area (Å²) in [6, 6.07) is 4.94. The highest BCUT2D eigenvalue weighted by atomic mass is 32.2. The quantitative estimate of drug-likeness (QED) is 0.920. The summed E-state index contributed by atoms with van der Waals surface area (Å²) in [7, 11) is -3.51. The minimum absolute atomic E-state index is 0.0441. The zero-order valence-corrected chi connectivity index (χ0v) is 13.6. The van der Waals surface area contributed by atoms with Crippen molar-refractivity contribution in [3.63, 3.8) is 0 Å². The molecular weight excluding hydrogens is 290 g/mol. The molecule has 2 rings (SSSR count). The van der Waals surface area contributed by atoms with E-state index in [-0.39, 0.29) is 10.8 Å². The van der Waals surface area contributed by atoms with E-state index >= 15 is 0 Å². The molecular formula is C15H23NO4S. The van der Waals surface area contributed by atoms with Crippen LogP contribution in [0.3, 0.4) is 0 Å². The Balaban J connectivity index is 2.25. The summed E-state index contributed by atoms with van der Waals surface area (Å²) in [5.41, 5.74) is 0.808. The van der Waals surface area contributed by atoms with Gasteiger partial charge in [-0.05, 0) is 49.9 Å². The van der Waals surface area contributed by atoms with Crippen LogP contribution in [0.15, 0.2) is 23.1 Å². The minimum atomic E-state index is -3.51. The van der Waals surface area contributed by atoms with E-state index in [0.29, 0.717) is 31.9 Å². The maximum Gasteiger partial charge on any atom is 0.243 e. The van der Waals surface area contributed by atoms with Gasteiger partial charge in [0.15, 0.2) is 0 Å². The molecule has 1 fully saturated rings. The molecule has 1 aliphatic rings. The number of ether oxygens (including phenoxy) is 1. The van der Waals surface area contributed by atoms with E-state index in [4.69, 9.17) is 4.74 Å². The van der Waals surface area contributed by atoms with Gasteiger partial charge in [0.25, 0.3) is 0 Å². The highest BCUT2D eigenvalue weighted by Gasteiger charge is 2.32. The first-order chi connectivity index (χ1) is 9.86. The van der Waals surface area contributed by atoms with Gasteiger partial charge in [0.05, 0.1) is 17.6 Å². The van der Waals surface area contributed by atoms with Gasteiger partial charge in [-0.2, -0.15) is 4.31 Å². The van der Waals surface area contributed by atoms with Crippen molar-refractivity contribution in [1.82, 2.24) is 4.31 Å². The summed E-state index contributed by atoms with van der Waals surface area (Å²) in [5.74, 6) is 0.663. The minimum Gasteiger partial charge on any atom is -0.494 e. The number of hydrogen-bond donors (Lipinski definition) is 1. The van der Waals surface area contributed by atoms with E-state index < -0.39 is 16.1 Å². The molecule has 1 aromatic carbocycles. The first kappa shape index (κ1) is 16.3. The van der Waals surface area contributed by atoms with Crippen LogP contribution < -0.4 is 4.74 Å². The molecule has 1 aliphatic heterocycles. The summed E-state index contributed by atoms with van der Waals surface area (Å²) >= 11 is 0. The maximum atomic E-state index is 12.7. The van der Waals surface area contributed by atoms with Crippen molar-refractivity contribution in [3.8, 4) is 5.75 Å². The number of rotatable bonds is 4. The number of aliphatic hydroxyl groups is 1. The summed E-state index contributed by atoms with van der Waals surface area (Å²) in [4.78, 5) is 0.284. The molecule has 6 heteroatoms. The van der Waals surface area contributed by atoms with E-state index in [2.05, 4.69) is 0 Å². The van der Waals surface area contributed by atoms with E-state index in [1.807, 2.05) is 20.8 Å². The molecule has 2 atom stereocenters. The Bertz CT molecular complexity index is 600. The Morgan fingerprint density at radius 2 is 2.14 bits per heavy atom. The molecule has 21 heavy (non-hydrogen) atoms. The lowest BCUT2D eigenvalue weighted by molar-refractivity contribution is 0.0628. The fraction of sp³-hybridized carbons (Fsp3) is 0.600. The van der Waals surface area contributed by atoms with Gasteiger partial charge >= 0.3 is 0 Å². The largest absolute Gasteiger partial charge is 0.494 e. The zero-order valence-electron chi connectivity index (χ0n) is 12.7. The summed E-state index contributed by atoms with van der Waals surface area (Å²) in [6.45, 7) is 6.87. The van der Waals surface area contributed by atoms with Crippen LogP contribution in [0.1, 0.15) is 25.8 Å². The average molecular weight is 313 g/mol. The molecule has 0 radical (unpaired) electrons. The summed E-state index contributed by atoms with van der Waals surface area (Å²) in [6.07, 6.45) is 0.0645. The molecule has 0 aliphatic carbocycles. The van der Waals surface area contributed by atoms with Gasteiger partial charge in [-0.1, -0.05) is 6.92 Å². The predicted octanol–water partition coefficient (Wildman–Crippen LogP) is 1.79. The monoisotopic (exact) mass is 313 g/mol. The number of sulfonamides is 1. The number of aliphatic hydroxyl groups excluding tert-OH is 1. The first-order valence-corrected chi connectivity index (χ1v) is 8.72. The van der Waals surface area contributed by atoms with Gasteiger partial charge in [0.1, 0.15) is 5.75 Å². The number of hydrogen-bond acceptors (Lipinski definition) is 4. The van der Waals surface area contributed by atoms with Gasteiger partial charge in [-0.3, -0.25) is 0 Å². The highest BCUT2D eigenvalue weighted by molar-refractivity contribution is 7.89. The van der Waals surface area contributed by atoms with Crippen LogP contribution in [0.2, 0.25) is 0 Å². The van der Waals surface area contributed by atoms with E-state index in [9.17, 15) is 13.5 Å². The van der Waals surface area contributed by atoms with Gasteiger partial charge in [0.2, 0.25) is 10.0 Å². The Hall–Kier alpha value is -1.11. The van der Waals surface area contributed by atoms with Gasteiger partial charge in [-0.15, -0.1) is 0 Å². The number of piperidine rings is 1. The van der Waals surface area contributed by atoms with E-state index in [0.717, 1.165) is 5.56 Å². The van der Waals surface area contributed by atoms with E-state index in [1.165, 1.54) is 4.31 Å². The van der Waals surface area contributed by atoms with Gasteiger partial charge < -0.3 is 9.84 Å². The first-order valence-electron chi connectivity index (χ1n) is 7.28. The van der Waals surface area contributed by atoms with Crippen molar-refractivity contribution in [2.45, 2.75) is 38.2 Å². The summed E-state index contributed by atoms with van der Waals surface area (Å²) in [5, 5.41) is 9.73. The maximum absolute atomic E-state index is 12.7. The lowest BCUT2D eigenvalue weighted by Crippen LogP contribution is -2.44. The smallest absolute Gasteiger partial charge is 0.243 e. The fourth-order valence-electron chi connectivity index (χ4n) is 2.56. The molecule has 5 nitrogen and oxygen atoms in total. The molecule has 1 saturated heterocycles. The molecule has 0 saturated carbocycles. The van der Waals surface area contributed by atoms with Crippen LogP contribution in [0.25, 0.3) is 0 Å². The second kappa shape index (κ2) is 6.34. The summed E-state index contributed by atoms with van der Waals surface area (Å²) < 4.78 is 32.2. The Morgan fingerprint density at radius 3 is 2.71 bits per heavy atom. The third-order valence-electron chi connectivity index (χ3n) is 3.91. The highest BCUT2D eigenvalue weighted by Crippen LogP contribution is 2.27. The molecule has 1 N–H and O–H groups in total. The van der Waals surface area contributed by atoms with Crippen LogP contribution >= 0.6 is 0 Å². The second-order valence-electron chi connectivity index (χ2n) is 5.56. The van der Waals surface area contributed by atoms with Crippen molar-refractivity contribution in [2.24, 2.45) is 5.92 Å². The molecule has 0 spiro atoms. The van der Waals surface area contributed by atoms with Crippen molar-refractivity contribution >= 4 is 10.0 Å². The lowest BCUT2D eigenvalue weighted by atomic mass is 9.99. The lowest BCUT2D eigenvalue weighted by Gasteiger charge is -2.33. The van der Waals surface area contributed by atoms with Crippen LogP contribution in [0.4, 0.5) is 0 Å². The predicted molar refractivity (Wildman–Crippen MR) is 80.9 cm³/mol. The third-order valence-corrected chi connectivity index (χ3v) is 5.77. The van der Waals surface area contributed by atoms with Crippen molar-refractivity contribution in [2.75, 3.05) is 19.7 Å². The molecule has 2 unspecified atom stereocenters. The topological polar surface area (TPSA) is 66.8 Å². The molecule has 0 aromatic heterocycles.